The number of urea groups is 1. The molecule has 1 rings (SSSR count). The Kier molecular flexibility index (Phi) is 3.86. The van der Waals surface area contributed by atoms with Crippen molar-refractivity contribution >= 4 is 24.3 Å². The van der Waals surface area contributed by atoms with Gasteiger partial charge in [0.05, 0.1) is 5.69 Å². The molecule has 0 aliphatic rings. The number of benzene rings is 1. The van der Waals surface area contributed by atoms with Crippen LogP contribution in [0.5, 0.6) is 0 Å². The maximum Gasteiger partial charge on any atom is 0.491 e. The van der Waals surface area contributed by atoms with E-state index >= 15 is 0 Å². The Morgan fingerprint density at radius 3 is 2.56 bits per heavy atom. The first-order chi connectivity index (χ1) is 7.43. The molecule has 1 aromatic rings. The van der Waals surface area contributed by atoms with Crippen LogP contribution in [0.25, 0.3) is 0 Å². The van der Waals surface area contributed by atoms with Crippen LogP contribution < -0.4 is 10.8 Å². The van der Waals surface area contributed by atoms with E-state index < -0.39 is 19.0 Å². The average molecular weight is 226 g/mol. The number of rotatable bonds is 2. The van der Waals surface area contributed by atoms with E-state index in [-0.39, 0.29) is 11.2 Å². The predicted octanol–water partition coefficient (Wildman–Crippen LogP) is -0.401. The van der Waals surface area contributed by atoms with Gasteiger partial charge in [-0.2, -0.15) is 0 Å². The topological polar surface area (TPSA) is 72.8 Å². The molecule has 3 N–H and O–H groups in total. The largest absolute Gasteiger partial charge is 0.491 e. The van der Waals surface area contributed by atoms with E-state index in [0.717, 1.165) is 0 Å². The third kappa shape index (κ3) is 2.71. The number of hydrogen-bond donors (Lipinski definition) is 3. The van der Waals surface area contributed by atoms with Crippen molar-refractivity contribution in [3.63, 3.8) is 0 Å². The van der Waals surface area contributed by atoms with Gasteiger partial charge >= 0.3 is 13.1 Å². The lowest BCUT2D eigenvalue weighted by atomic mass is 9.79. The van der Waals surface area contributed by atoms with Crippen molar-refractivity contribution in [2.45, 2.75) is 0 Å². The van der Waals surface area contributed by atoms with Crippen molar-refractivity contribution in [2.75, 3.05) is 19.4 Å². The number of hydrogen-bond acceptors (Lipinski definition) is 3. The summed E-state index contributed by atoms with van der Waals surface area (Å²) in [6.45, 7) is 0. The minimum Gasteiger partial charge on any atom is -0.423 e. The summed E-state index contributed by atoms with van der Waals surface area (Å²) in [5.74, 6) is -0.854. The van der Waals surface area contributed by atoms with E-state index in [1.165, 1.54) is 37.2 Å². The number of nitrogens with zero attached hydrogens (tertiary/aromatic N) is 1. The molecule has 0 radical (unpaired) electrons. The third-order valence-corrected chi connectivity index (χ3v) is 1.95. The molecule has 2 amide bonds. The molecule has 0 spiro atoms. The minimum atomic E-state index is -1.91. The molecular formula is C9H12BFN2O3. The fourth-order valence-electron chi connectivity index (χ4n) is 1.07. The van der Waals surface area contributed by atoms with Gasteiger partial charge < -0.3 is 20.3 Å². The second kappa shape index (κ2) is 4.95. The van der Waals surface area contributed by atoms with Gasteiger partial charge in [0.2, 0.25) is 0 Å². The average Bonchev–Trinajstić information content (AvgIpc) is 2.20. The Bertz CT molecular complexity index is 398. The molecule has 0 aliphatic carbocycles. The summed E-state index contributed by atoms with van der Waals surface area (Å²) in [7, 11) is 1.12. The molecule has 0 saturated heterocycles. The SMILES string of the molecule is CN(C)C(=O)Nc1cccc(B(O)O)c1F. The summed E-state index contributed by atoms with van der Waals surface area (Å²) in [6, 6.07) is 3.49. The van der Waals surface area contributed by atoms with Gasteiger partial charge in [-0.25, -0.2) is 9.18 Å². The predicted molar refractivity (Wildman–Crippen MR) is 58.9 cm³/mol. The number of nitrogens with one attached hydrogen (secondary N) is 1. The summed E-state index contributed by atoms with van der Waals surface area (Å²) < 4.78 is 13.6. The highest BCUT2D eigenvalue weighted by atomic mass is 19.1. The lowest BCUT2D eigenvalue weighted by molar-refractivity contribution is 0.230. The zero-order chi connectivity index (χ0) is 12.3. The monoisotopic (exact) mass is 226 g/mol. The molecule has 0 bridgehead atoms. The smallest absolute Gasteiger partial charge is 0.423 e. The Hall–Kier alpha value is -1.60. The highest BCUT2D eigenvalue weighted by molar-refractivity contribution is 6.58. The first kappa shape index (κ1) is 12.5. The van der Waals surface area contributed by atoms with Crippen molar-refractivity contribution in [1.29, 1.82) is 0 Å². The molecule has 0 fully saturated rings. The van der Waals surface area contributed by atoms with Crippen LogP contribution in [-0.2, 0) is 0 Å². The van der Waals surface area contributed by atoms with Crippen LogP contribution in [0.4, 0.5) is 14.9 Å². The second-order valence-corrected chi connectivity index (χ2v) is 3.41. The third-order valence-electron chi connectivity index (χ3n) is 1.95. The first-order valence-electron chi connectivity index (χ1n) is 4.56. The molecule has 86 valence electrons. The molecule has 0 aromatic heterocycles. The van der Waals surface area contributed by atoms with Crippen molar-refractivity contribution < 1.29 is 19.2 Å². The highest BCUT2D eigenvalue weighted by Gasteiger charge is 2.19. The molecule has 5 nitrogen and oxygen atoms in total. The van der Waals surface area contributed by atoms with Gasteiger partial charge in [0.15, 0.2) is 0 Å². The lowest BCUT2D eigenvalue weighted by Gasteiger charge is -2.13. The van der Waals surface area contributed by atoms with E-state index in [0.29, 0.717) is 0 Å². The Labute approximate surface area is 92.6 Å². The molecule has 0 atom stereocenters. The molecule has 0 heterocycles. The number of anilines is 1. The molecule has 0 unspecified atom stereocenters. The van der Waals surface area contributed by atoms with Crippen LogP contribution in [-0.4, -0.2) is 42.2 Å². The Morgan fingerprint density at radius 2 is 2.06 bits per heavy atom. The standard InChI is InChI=1S/C9H12BFN2O3/c1-13(2)9(14)12-7-5-3-4-6(8(7)11)10(15)16/h3-5,15-16H,1-2H3,(H,12,14). The fourth-order valence-corrected chi connectivity index (χ4v) is 1.07. The van der Waals surface area contributed by atoms with E-state index in [4.69, 9.17) is 10.0 Å². The van der Waals surface area contributed by atoms with Gasteiger partial charge in [-0.05, 0) is 6.07 Å². The quantitative estimate of drug-likeness (QED) is 0.600. The maximum atomic E-state index is 13.6. The van der Waals surface area contributed by atoms with E-state index in [2.05, 4.69) is 5.32 Å². The van der Waals surface area contributed by atoms with Crippen LogP contribution in [0, 0.1) is 5.82 Å². The lowest BCUT2D eigenvalue weighted by Crippen LogP contribution is -2.34. The molecule has 0 aliphatic heterocycles. The van der Waals surface area contributed by atoms with Crippen LogP contribution in [0.1, 0.15) is 0 Å². The van der Waals surface area contributed by atoms with E-state index in [1.807, 2.05) is 0 Å². The van der Waals surface area contributed by atoms with E-state index in [9.17, 15) is 9.18 Å². The number of carbonyl (C=O) groups excluding carboxylic acids is 1. The number of carbonyl (C=O) groups is 1. The number of amides is 2. The first-order valence-corrected chi connectivity index (χ1v) is 4.56. The second-order valence-electron chi connectivity index (χ2n) is 3.41. The van der Waals surface area contributed by atoms with Crippen LogP contribution >= 0.6 is 0 Å². The van der Waals surface area contributed by atoms with Crippen LogP contribution in [0.2, 0.25) is 0 Å². The zero-order valence-electron chi connectivity index (χ0n) is 8.94. The molecule has 1 aromatic carbocycles. The summed E-state index contributed by atoms with van der Waals surface area (Å²) in [5, 5.41) is 20.0. The van der Waals surface area contributed by atoms with Crippen molar-refractivity contribution in [2.24, 2.45) is 0 Å². The minimum absolute atomic E-state index is 0.0932. The number of halogens is 1. The molecule has 0 saturated carbocycles. The van der Waals surface area contributed by atoms with Gasteiger partial charge in [-0.3, -0.25) is 0 Å². The Balaban J connectivity index is 2.98. The van der Waals surface area contributed by atoms with Crippen molar-refractivity contribution in [3.8, 4) is 0 Å². The Morgan fingerprint density at radius 1 is 1.44 bits per heavy atom. The van der Waals surface area contributed by atoms with Gasteiger partial charge in [0.25, 0.3) is 0 Å². The normalized spacial score (nSPS) is 9.81. The summed E-state index contributed by atoms with van der Waals surface area (Å²) in [4.78, 5) is 12.5. The summed E-state index contributed by atoms with van der Waals surface area (Å²) in [5.41, 5.74) is -0.374. The highest BCUT2D eigenvalue weighted by Crippen LogP contribution is 2.11. The van der Waals surface area contributed by atoms with Gasteiger partial charge in [0, 0.05) is 19.6 Å². The molecular weight excluding hydrogens is 214 g/mol. The van der Waals surface area contributed by atoms with Gasteiger partial charge in [0.1, 0.15) is 5.82 Å². The van der Waals surface area contributed by atoms with Gasteiger partial charge in [-0.1, -0.05) is 12.1 Å². The fraction of sp³-hybridized carbons (Fsp3) is 0.222. The maximum absolute atomic E-state index is 13.6. The van der Waals surface area contributed by atoms with E-state index in [1.54, 1.807) is 0 Å². The summed E-state index contributed by atoms with van der Waals surface area (Å²) >= 11 is 0. The van der Waals surface area contributed by atoms with Crippen LogP contribution in [0.3, 0.4) is 0 Å². The van der Waals surface area contributed by atoms with Gasteiger partial charge in [-0.15, -0.1) is 0 Å². The van der Waals surface area contributed by atoms with Crippen molar-refractivity contribution in [3.05, 3.63) is 24.0 Å². The molecule has 7 heteroatoms. The van der Waals surface area contributed by atoms with Crippen molar-refractivity contribution in [1.82, 2.24) is 4.90 Å². The molecule has 16 heavy (non-hydrogen) atoms. The van der Waals surface area contributed by atoms with Crippen LogP contribution in [0.15, 0.2) is 18.2 Å². The zero-order valence-corrected chi connectivity index (χ0v) is 8.94. The summed E-state index contributed by atoms with van der Waals surface area (Å²) in [6.07, 6.45) is 0.